The topological polar surface area (TPSA) is 27.7 Å². The summed E-state index contributed by atoms with van der Waals surface area (Å²) >= 11 is 0. The van der Waals surface area contributed by atoms with Gasteiger partial charge in [-0.05, 0) is 39.2 Å². The summed E-state index contributed by atoms with van der Waals surface area (Å²) in [6.45, 7) is 16.0. The van der Waals surface area contributed by atoms with Crippen LogP contribution < -0.4 is 5.32 Å². The smallest absolute Gasteiger partial charge is 0.0829 e. The third-order valence-electron chi connectivity index (χ3n) is 5.53. The number of ether oxygens (including phenoxy) is 1. The number of hydrogen-bond acceptors (Lipinski definition) is 4. The molecule has 0 bridgehead atoms. The van der Waals surface area contributed by atoms with E-state index in [1.165, 1.54) is 19.4 Å². The van der Waals surface area contributed by atoms with Crippen LogP contribution in [-0.2, 0) is 4.74 Å². The zero-order chi connectivity index (χ0) is 15.0. The van der Waals surface area contributed by atoms with Crippen molar-refractivity contribution in [2.45, 2.75) is 64.3 Å². The van der Waals surface area contributed by atoms with E-state index in [0.29, 0.717) is 24.1 Å². The third-order valence-corrected chi connectivity index (χ3v) is 5.53. The SMILES string of the molecule is CC(C)C1CNC(C)(C)CN1CC1CN2CCCC2CO1. The van der Waals surface area contributed by atoms with Crippen molar-refractivity contribution in [3.63, 3.8) is 0 Å². The fraction of sp³-hybridized carbons (Fsp3) is 1.00. The first-order chi connectivity index (χ1) is 9.94. The van der Waals surface area contributed by atoms with E-state index in [-0.39, 0.29) is 5.54 Å². The Hall–Kier alpha value is -0.160. The minimum Gasteiger partial charge on any atom is -0.374 e. The first kappa shape index (κ1) is 15.7. The summed E-state index contributed by atoms with van der Waals surface area (Å²) in [6, 6.07) is 1.35. The molecule has 3 rings (SSSR count). The van der Waals surface area contributed by atoms with Crippen LogP contribution in [0.5, 0.6) is 0 Å². The Morgan fingerprint density at radius 3 is 2.90 bits per heavy atom. The molecule has 0 aromatic rings. The van der Waals surface area contributed by atoms with E-state index in [1.807, 2.05) is 0 Å². The average molecular weight is 295 g/mol. The standard InChI is InChI=1S/C17H33N3O/c1-13(2)16-8-18-17(3,4)12-20(16)10-15-9-19-7-5-6-14(19)11-21-15/h13-16,18H,5-12H2,1-4H3. The van der Waals surface area contributed by atoms with Crippen molar-refractivity contribution >= 4 is 0 Å². The number of hydrogen-bond donors (Lipinski definition) is 1. The van der Waals surface area contributed by atoms with Gasteiger partial charge < -0.3 is 10.1 Å². The first-order valence-corrected chi connectivity index (χ1v) is 8.79. The molecule has 3 atom stereocenters. The van der Waals surface area contributed by atoms with Crippen LogP contribution in [-0.4, -0.2) is 72.9 Å². The lowest BCUT2D eigenvalue weighted by atomic mass is 9.92. The highest BCUT2D eigenvalue weighted by Gasteiger charge is 2.38. The number of piperazine rings is 1. The van der Waals surface area contributed by atoms with E-state index >= 15 is 0 Å². The molecule has 122 valence electrons. The largest absolute Gasteiger partial charge is 0.374 e. The third kappa shape index (κ3) is 3.61. The van der Waals surface area contributed by atoms with Crippen molar-refractivity contribution in [2.75, 3.05) is 39.3 Å². The van der Waals surface area contributed by atoms with Crippen LogP contribution in [0.4, 0.5) is 0 Å². The molecule has 0 aromatic heterocycles. The molecule has 0 aliphatic carbocycles. The molecule has 3 heterocycles. The van der Waals surface area contributed by atoms with Crippen LogP contribution >= 0.6 is 0 Å². The van der Waals surface area contributed by atoms with Crippen molar-refractivity contribution in [1.82, 2.24) is 15.1 Å². The Balaban J connectivity index is 1.61. The lowest BCUT2D eigenvalue weighted by Gasteiger charge is -2.48. The van der Waals surface area contributed by atoms with Gasteiger partial charge in [-0.15, -0.1) is 0 Å². The maximum atomic E-state index is 6.19. The van der Waals surface area contributed by atoms with Crippen molar-refractivity contribution in [3.05, 3.63) is 0 Å². The average Bonchev–Trinajstić information content (AvgIpc) is 2.84. The Kier molecular flexibility index (Phi) is 4.60. The van der Waals surface area contributed by atoms with Crippen LogP contribution in [0.2, 0.25) is 0 Å². The molecule has 4 heteroatoms. The second-order valence-corrected chi connectivity index (χ2v) is 8.25. The summed E-state index contributed by atoms with van der Waals surface area (Å²) in [6.07, 6.45) is 3.09. The highest BCUT2D eigenvalue weighted by Crippen LogP contribution is 2.25. The van der Waals surface area contributed by atoms with Crippen LogP contribution in [0.25, 0.3) is 0 Å². The molecule has 21 heavy (non-hydrogen) atoms. The Bertz CT molecular complexity index is 358. The van der Waals surface area contributed by atoms with Gasteiger partial charge in [-0.1, -0.05) is 13.8 Å². The van der Waals surface area contributed by atoms with E-state index in [1.54, 1.807) is 0 Å². The summed E-state index contributed by atoms with van der Waals surface area (Å²) in [5, 5.41) is 3.70. The van der Waals surface area contributed by atoms with E-state index in [9.17, 15) is 0 Å². The monoisotopic (exact) mass is 295 g/mol. The zero-order valence-electron chi connectivity index (χ0n) is 14.3. The number of nitrogens with zero attached hydrogens (tertiary/aromatic N) is 2. The molecule has 3 saturated heterocycles. The maximum Gasteiger partial charge on any atom is 0.0829 e. The van der Waals surface area contributed by atoms with Crippen LogP contribution in [0.3, 0.4) is 0 Å². The lowest BCUT2D eigenvalue weighted by molar-refractivity contribution is -0.0748. The van der Waals surface area contributed by atoms with Gasteiger partial charge in [0.05, 0.1) is 12.7 Å². The molecule has 0 amide bonds. The molecule has 3 unspecified atom stereocenters. The van der Waals surface area contributed by atoms with Crippen molar-refractivity contribution < 1.29 is 4.74 Å². The first-order valence-electron chi connectivity index (χ1n) is 8.79. The van der Waals surface area contributed by atoms with Crippen LogP contribution in [0.1, 0.15) is 40.5 Å². The van der Waals surface area contributed by atoms with Gasteiger partial charge in [0, 0.05) is 43.8 Å². The van der Waals surface area contributed by atoms with E-state index < -0.39 is 0 Å². The number of rotatable bonds is 3. The molecule has 1 N–H and O–H groups in total. The van der Waals surface area contributed by atoms with Gasteiger partial charge in [0.15, 0.2) is 0 Å². The molecule has 0 radical (unpaired) electrons. The summed E-state index contributed by atoms with van der Waals surface area (Å²) in [4.78, 5) is 5.34. The Morgan fingerprint density at radius 1 is 1.33 bits per heavy atom. The normalized spacial score (nSPS) is 37.9. The van der Waals surface area contributed by atoms with Crippen LogP contribution in [0.15, 0.2) is 0 Å². The van der Waals surface area contributed by atoms with Gasteiger partial charge >= 0.3 is 0 Å². The quantitative estimate of drug-likeness (QED) is 0.855. The van der Waals surface area contributed by atoms with E-state index in [0.717, 1.165) is 32.8 Å². The summed E-state index contributed by atoms with van der Waals surface area (Å²) in [5.74, 6) is 0.691. The fourth-order valence-electron chi connectivity index (χ4n) is 4.31. The molecule has 3 aliphatic rings. The fourth-order valence-corrected chi connectivity index (χ4v) is 4.31. The zero-order valence-corrected chi connectivity index (χ0v) is 14.3. The summed E-state index contributed by atoms with van der Waals surface area (Å²) < 4.78 is 6.19. The van der Waals surface area contributed by atoms with Gasteiger partial charge in [0.1, 0.15) is 0 Å². The second-order valence-electron chi connectivity index (χ2n) is 8.25. The number of morpholine rings is 1. The Labute approximate surface area is 130 Å². The second kappa shape index (κ2) is 6.15. The van der Waals surface area contributed by atoms with Gasteiger partial charge in [0.2, 0.25) is 0 Å². The molecule has 3 fully saturated rings. The number of nitrogens with one attached hydrogen (secondary N) is 1. The van der Waals surface area contributed by atoms with Crippen LogP contribution in [0, 0.1) is 5.92 Å². The van der Waals surface area contributed by atoms with Gasteiger partial charge in [-0.25, -0.2) is 0 Å². The van der Waals surface area contributed by atoms with Gasteiger partial charge in [-0.2, -0.15) is 0 Å². The van der Waals surface area contributed by atoms with E-state index in [2.05, 4.69) is 42.8 Å². The molecule has 0 saturated carbocycles. The predicted octanol–water partition coefficient (Wildman–Crippen LogP) is 1.56. The van der Waals surface area contributed by atoms with Crippen molar-refractivity contribution in [3.8, 4) is 0 Å². The molecule has 0 spiro atoms. The highest BCUT2D eigenvalue weighted by atomic mass is 16.5. The number of fused-ring (bicyclic) bond motifs is 1. The lowest BCUT2D eigenvalue weighted by Crippen LogP contribution is -2.64. The van der Waals surface area contributed by atoms with Gasteiger partial charge in [0.25, 0.3) is 0 Å². The Morgan fingerprint density at radius 2 is 2.14 bits per heavy atom. The van der Waals surface area contributed by atoms with Gasteiger partial charge in [-0.3, -0.25) is 9.80 Å². The molecule has 4 nitrogen and oxygen atoms in total. The molecule has 3 aliphatic heterocycles. The highest BCUT2D eigenvalue weighted by molar-refractivity contribution is 4.95. The minimum absolute atomic E-state index is 0.218. The van der Waals surface area contributed by atoms with E-state index in [4.69, 9.17) is 4.74 Å². The van der Waals surface area contributed by atoms with Crippen molar-refractivity contribution in [2.24, 2.45) is 5.92 Å². The maximum absolute atomic E-state index is 6.19. The summed E-state index contributed by atoms with van der Waals surface area (Å²) in [5.41, 5.74) is 0.218. The predicted molar refractivity (Wildman–Crippen MR) is 86.6 cm³/mol. The van der Waals surface area contributed by atoms with Crippen molar-refractivity contribution in [1.29, 1.82) is 0 Å². The summed E-state index contributed by atoms with van der Waals surface area (Å²) in [7, 11) is 0. The molecular formula is C17H33N3O. The molecule has 0 aromatic carbocycles. The molecular weight excluding hydrogens is 262 g/mol. The minimum atomic E-state index is 0.218.